The van der Waals surface area contributed by atoms with Crippen molar-refractivity contribution in [3.63, 3.8) is 0 Å². The first-order valence-corrected chi connectivity index (χ1v) is 10.0. The number of aromatic nitrogens is 2. The zero-order chi connectivity index (χ0) is 22.4. The van der Waals surface area contributed by atoms with Crippen LogP contribution in [0.15, 0.2) is 47.0 Å². The van der Waals surface area contributed by atoms with Crippen LogP contribution in [0.3, 0.4) is 0 Å². The summed E-state index contributed by atoms with van der Waals surface area (Å²) in [7, 11) is 3.14. The zero-order valence-electron chi connectivity index (χ0n) is 18.4. The Morgan fingerprint density at radius 3 is 2.58 bits per heavy atom. The van der Waals surface area contributed by atoms with Gasteiger partial charge < -0.3 is 23.6 Å². The summed E-state index contributed by atoms with van der Waals surface area (Å²) in [5.74, 6) is 2.42. The van der Waals surface area contributed by atoms with Gasteiger partial charge in [-0.05, 0) is 56.7 Å². The van der Waals surface area contributed by atoms with Gasteiger partial charge >= 0.3 is 0 Å². The maximum atomic E-state index is 12.9. The van der Waals surface area contributed by atoms with E-state index in [1.807, 2.05) is 44.2 Å². The van der Waals surface area contributed by atoms with Crippen molar-refractivity contribution in [2.24, 2.45) is 0 Å². The number of carbonyl (C=O) groups excluding carboxylic acids is 1. The second-order valence-corrected chi connectivity index (χ2v) is 7.01. The van der Waals surface area contributed by atoms with E-state index in [4.69, 9.17) is 18.7 Å². The molecule has 1 heterocycles. The van der Waals surface area contributed by atoms with Crippen LogP contribution in [0.2, 0.25) is 0 Å². The fourth-order valence-corrected chi connectivity index (χ4v) is 3.12. The standard InChI is InChI=1S/C23H27N3O5/c1-6-26(23(27)16(3)30-18-9-7-8-15(2)12-18)14-21-24-22(25-31-21)17-10-11-19(28-4)20(13-17)29-5/h7-13,16H,6,14H2,1-5H3/t16-/m1/s1. The highest BCUT2D eigenvalue weighted by molar-refractivity contribution is 5.80. The lowest BCUT2D eigenvalue weighted by Gasteiger charge is -2.23. The van der Waals surface area contributed by atoms with E-state index in [-0.39, 0.29) is 12.5 Å². The highest BCUT2D eigenvalue weighted by Crippen LogP contribution is 2.31. The van der Waals surface area contributed by atoms with Crippen molar-refractivity contribution in [1.29, 1.82) is 0 Å². The van der Waals surface area contributed by atoms with Gasteiger partial charge in [-0.2, -0.15) is 4.98 Å². The smallest absolute Gasteiger partial charge is 0.263 e. The lowest BCUT2D eigenvalue weighted by atomic mass is 10.2. The van der Waals surface area contributed by atoms with Gasteiger partial charge in [0.15, 0.2) is 17.6 Å². The summed E-state index contributed by atoms with van der Waals surface area (Å²) >= 11 is 0. The van der Waals surface area contributed by atoms with Crippen LogP contribution in [-0.2, 0) is 11.3 Å². The number of methoxy groups -OCH3 is 2. The van der Waals surface area contributed by atoms with Crippen LogP contribution in [0, 0.1) is 6.92 Å². The first-order chi connectivity index (χ1) is 14.9. The molecule has 0 radical (unpaired) electrons. The maximum absolute atomic E-state index is 12.9. The number of aryl methyl sites for hydroxylation is 1. The van der Waals surface area contributed by atoms with Crippen molar-refractivity contribution >= 4 is 5.91 Å². The highest BCUT2D eigenvalue weighted by atomic mass is 16.5. The summed E-state index contributed by atoms with van der Waals surface area (Å²) < 4.78 is 21.8. The number of rotatable bonds is 9. The van der Waals surface area contributed by atoms with Crippen LogP contribution >= 0.6 is 0 Å². The van der Waals surface area contributed by atoms with Crippen molar-refractivity contribution in [1.82, 2.24) is 15.0 Å². The minimum absolute atomic E-state index is 0.158. The summed E-state index contributed by atoms with van der Waals surface area (Å²) in [5.41, 5.74) is 1.79. The van der Waals surface area contributed by atoms with Crippen LogP contribution in [0.5, 0.6) is 17.2 Å². The molecule has 0 spiro atoms. The van der Waals surface area contributed by atoms with E-state index >= 15 is 0 Å². The zero-order valence-corrected chi connectivity index (χ0v) is 18.4. The molecule has 164 valence electrons. The highest BCUT2D eigenvalue weighted by Gasteiger charge is 2.23. The molecule has 0 saturated carbocycles. The number of hydrogen-bond acceptors (Lipinski definition) is 7. The predicted octanol–water partition coefficient (Wildman–Crippen LogP) is 3.88. The maximum Gasteiger partial charge on any atom is 0.263 e. The number of likely N-dealkylation sites (N-methyl/N-ethyl adjacent to an activating group) is 1. The summed E-state index contributed by atoms with van der Waals surface area (Å²) in [5, 5.41) is 4.03. The van der Waals surface area contributed by atoms with Gasteiger partial charge in [-0.25, -0.2) is 0 Å². The molecule has 0 fully saturated rings. The molecular formula is C23H27N3O5. The Morgan fingerprint density at radius 2 is 1.90 bits per heavy atom. The molecule has 0 aliphatic heterocycles. The van der Waals surface area contributed by atoms with Gasteiger partial charge in [0.05, 0.1) is 14.2 Å². The van der Waals surface area contributed by atoms with Gasteiger partial charge in [0.1, 0.15) is 12.3 Å². The van der Waals surface area contributed by atoms with E-state index in [9.17, 15) is 4.79 Å². The lowest BCUT2D eigenvalue weighted by Crippen LogP contribution is -2.40. The van der Waals surface area contributed by atoms with Gasteiger partial charge in [-0.15, -0.1) is 0 Å². The van der Waals surface area contributed by atoms with Gasteiger partial charge in [0.25, 0.3) is 5.91 Å². The molecule has 0 bridgehead atoms. The topological polar surface area (TPSA) is 86.9 Å². The minimum Gasteiger partial charge on any atom is -0.493 e. The fraction of sp³-hybridized carbons (Fsp3) is 0.348. The molecule has 0 saturated heterocycles. The van der Waals surface area contributed by atoms with Crippen LogP contribution in [0.1, 0.15) is 25.3 Å². The Morgan fingerprint density at radius 1 is 1.13 bits per heavy atom. The molecule has 8 nitrogen and oxygen atoms in total. The van der Waals surface area contributed by atoms with Crippen molar-refractivity contribution < 1.29 is 23.5 Å². The Balaban J connectivity index is 1.69. The molecule has 31 heavy (non-hydrogen) atoms. The minimum atomic E-state index is -0.644. The number of carbonyl (C=O) groups is 1. The molecule has 0 N–H and O–H groups in total. The summed E-state index contributed by atoms with van der Waals surface area (Å²) in [6.07, 6.45) is -0.644. The van der Waals surface area contributed by atoms with E-state index in [0.717, 1.165) is 11.1 Å². The molecule has 1 atom stereocenters. The number of benzene rings is 2. The van der Waals surface area contributed by atoms with Crippen molar-refractivity contribution in [2.75, 3.05) is 20.8 Å². The summed E-state index contributed by atoms with van der Waals surface area (Å²) in [6, 6.07) is 13.0. The first-order valence-electron chi connectivity index (χ1n) is 10.0. The molecule has 0 unspecified atom stereocenters. The molecule has 0 aliphatic rings. The fourth-order valence-electron chi connectivity index (χ4n) is 3.12. The number of amides is 1. The molecular weight excluding hydrogens is 398 g/mol. The van der Waals surface area contributed by atoms with Gasteiger partial charge in [0, 0.05) is 12.1 Å². The van der Waals surface area contributed by atoms with Crippen LogP contribution in [-0.4, -0.2) is 47.8 Å². The molecule has 0 aliphatic carbocycles. The van der Waals surface area contributed by atoms with E-state index in [1.165, 1.54) is 0 Å². The van der Waals surface area contributed by atoms with Crippen molar-refractivity contribution in [3.8, 4) is 28.6 Å². The summed E-state index contributed by atoms with van der Waals surface area (Å²) in [6.45, 7) is 6.27. The molecule has 1 amide bonds. The number of ether oxygens (including phenoxy) is 3. The summed E-state index contributed by atoms with van der Waals surface area (Å²) in [4.78, 5) is 18.9. The third-order valence-corrected chi connectivity index (χ3v) is 4.78. The Labute approximate surface area is 181 Å². The quantitative estimate of drug-likeness (QED) is 0.514. The van der Waals surface area contributed by atoms with Crippen molar-refractivity contribution in [3.05, 3.63) is 53.9 Å². The first kappa shape index (κ1) is 22.1. The largest absolute Gasteiger partial charge is 0.493 e. The van der Waals surface area contributed by atoms with Gasteiger partial charge in [-0.1, -0.05) is 17.3 Å². The average Bonchev–Trinajstić information content (AvgIpc) is 3.25. The number of hydrogen-bond donors (Lipinski definition) is 0. The SMILES string of the molecule is CCN(Cc1nc(-c2ccc(OC)c(OC)c2)no1)C(=O)[C@@H](C)Oc1cccc(C)c1. The van der Waals surface area contributed by atoms with E-state index in [0.29, 0.717) is 35.5 Å². The van der Waals surface area contributed by atoms with Gasteiger partial charge in [-0.3, -0.25) is 4.79 Å². The third-order valence-electron chi connectivity index (χ3n) is 4.78. The Bertz CT molecular complexity index is 1030. The predicted molar refractivity (Wildman–Crippen MR) is 115 cm³/mol. The van der Waals surface area contributed by atoms with E-state index in [2.05, 4.69) is 10.1 Å². The van der Waals surface area contributed by atoms with E-state index in [1.54, 1.807) is 38.2 Å². The van der Waals surface area contributed by atoms with E-state index < -0.39 is 6.10 Å². The monoisotopic (exact) mass is 425 g/mol. The average molecular weight is 425 g/mol. The van der Waals surface area contributed by atoms with Crippen LogP contribution in [0.4, 0.5) is 0 Å². The van der Waals surface area contributed by atoms with Crippen molar-refractivity contribution in [2.45, 2.75) is 33.4 Å². The molecule has 3 aromatic rings. The molecule has 2 aromatic carbocycles. The second-order valence-electron chi connectivity index (χ2n) is 7.01. The Hall–Kier alpha value is -3.55. The molecule has 3 rings (SSSR count). The van der Waals surface area contributed by atoms with Crippen LogP contribution < -0.4 is 14.2 Å². The Kier molecular flexibility index (Phi) is 7.12. The lowest BCUT2D eigenvalue weighted by molar-refractivity contribution is -0.138. The molecule has 1 aromatic heterocycles. The number of nitrogens with zero attached hydrogens (tertiary/aromatic N) is 3. The molecule has 8 heteroatoms. The normalized spacial score (nSPS) is 11.6. The van der Waals surface area contributed by atoms with Gasteiger partial charge in [0.2, 0.25) is 11.7 Å². The third kappa shape index (κ3) is 5.33. The van der Waals surface area contributed by atoms with Crippen LogP contribution in [0.25, 0.3) is 11.4 Å². The second kappa shape index (κ2) is 9.97.